The molecule has 3 aromatic rings. The number of carbonyl (C=O) groups is 1. The van der Waals surface area contributed by atoms with Gasteiger partial charge in [-0.2, -0.15) is 0 Å². The van der Waals surface area contributed by atoms with E-state index in [1.165, 1.54) is 0 Å². The number of rotatable bonds is 4. The summed E-state index contributed by atoms with van der Waals surface area (Å²) in [6.45, 7) is 0. The van der Waals surface area contributed by atoms with E-state index < -0.39 is 0 Å². The lowest BCUT2D eigenvalue weighted by molar-refractivity contribution is 0.102. The van der Waals surface area contributed by atoms with Crippen LogP contribution in [0.15, 0.2) is 53.2 Å². The first kappa shape index (κ1) is 14.9. The third kappa shape index (κ3) is 2.78. The van der Waals surface area contributed by atoms with E-state index in [1.54, 1.807) is 24.4 Å². The maximum atomic E-state index is 12.8. The Morgan fingerprint density at radius 3 is 2.67 bits per heavy atom. The number of halogens is 1. The fraction of sp³-hybridized carbons (Fsp3) is 0.167. The average molecular weight is 340 g/mol. The number of carbonyl (C=O) groups excluding carboxylic acids is 1. The summed E-state index contributed by atoms with van der Waals surface area (Å²) in [6, 6.07) is 12.6. The Hall–Kier alpha value is -2.66. The van der Waals surface area contributed by atoms with E-state index in [0.717, 1.165) is 12.8 Å². The number of hydrogen-bond donors (Lipinski definition) is 1. The van der Waals surface area contributed by atoms with Crippen molar-refractivity contribution in [1.82, 2.24) is 10.1 Å². The van der Waals surface area contributed by atoms with Crippen molar-refractivity contribution in [3.63, 3.8) is 0 Å². The smallest absolute Gasteiger partial charge is 0.262 e. The summed E-state index contributed by atoms with van der Waals surface area (Å²) in [6.07, 6.45) is 3.65. The second kappa shape index (κ2) is 6.09. The van der Waals surface area contributed by atoms with E-state index in [9.17, 15) is 4.79 Å². The van der Waals surface area contributed by atoms with Gasteiger partial charge in [0.15, 0.2) is 5.76 Å². The molecule has 24 heavy (non-hydrogen) atoms. The van der Waals surface area contributed by atoms with Gasteiger partial charge in [-0.1, -0.05) is 35.0 Å². The fourth-order valence-electron chi connectivity index (χ4n) is 2.60. The van der Waals surface area contributed by atoms with Crippen LogP contribution < -0.4 is 5.32 Å². The molecule has 6 heteroatoms. The summed E-state index contributed by atoms with van der Waals surface area (Å²) >= 11 is 6.27. The van der Waals surface area contributed by atoms with Crippen molar-refractivity contribution in [2.24, 2.45) is 0 Å². The number of amides is 1. The minimum atomic E-state index is -0.285. The van der Waals surface area contributed by atoms with E-state index in [4.69, 9.17) is 16.1 Å². The predicted molar refractivity (Wildman–Crippen MR) is 91.1 cm³/mol. The molecular weight excluding hydrogens is 326 g/mol. The first-order valence-electron chi connectivity index (χ1n) is 7.71. The topological polar surface area (TPSA) is 68.0 Å². The zero-order chi connectivity index (χ0) is 16.5. The van der Waals surface area contributed by atoms with Crippen LogP contribution in [0.5, 0.6) is 0 Å². The Morgan fingerprint density at radius 1 is 1.17 bits per heavy atom. The molecule has 1 fully saturated rings. The van der Waals surface area contributed by atoms with Crippen LogP contribution in [0.25, 0.3) is 11.3 Å². The van der Waals surface area contributed by atoms with Crippen molar-refractivity contribution in [3.05, 3.63) is 64.9 Å². The molecule has 1 saturated carbocycles. The predicted octanol–water partition coefficient (Wildman–Crippen LogP) is 4.52. The molecule has 1 aliphatic rings. The van der Waals surface area contributed by atoms with Gasteiger partial charge >= 0.3 is 0 Å². The summed E-state index contributed by atoms with van der Waals surface area (Å²) in [7, 11) is 0. The van der Waals surface area contributed by atoms with Crippen LogP contribution in [0.1, 0.15) is 34.8 Å². The third-order valence-electron chi connectivity index (χ3n) is 3.93. The lowest BCUT2D eigenvalue weighted by Gasteiger charge is -2.06. The molecule has 1 amide bonds. The number of pyridine rings is 1. The van der Waals surface area contributed by atoms with Crippen molar-refractivity contribution in [2.45, 2.75) is 18.8 Å². The molecule has 2 heterocycles. The van der Waals surface area contributed by atoms with Gasteiger partial charge in [0.2, 0.25) is 0 Å². The number of hydrogen-bond acceptors (Lipinski definition) is 4. The maximum absolute atomic E-state index is 12.8. The van der Waals surface area contributed by atoms with E-state index in [2.05, 4.69) is 15.5 Å². The van der Waals surface area contributed by atoms with Crippen LogP contribution >= 0.6 is 11.6 Å². The Kier molecular flexibility index (Phi) is 3.78. The van der Waals surface area contributed by atoms with Gasteiger partial charge in [0.05, 0.1) is 5.02 Å². The van der Waals surface area contributed by atoms with Crippen molar-refractivity contribution in [2.75, 3.05) is 5.32 Å². The maximum Gasteiger partial charge on any atom is 0.262 e. The zero-order valence-corrected chi connectivity index (χ0v) is 13.5. The summed E-state index contributed by atoms with van der Waals surface area (Å²) in [4.78, 5) is 17.0. The van der Waals surface area contributed by atoms with Crippen LogP contribution in [0, 0.1) is 0 Å². The van der Waals surface area contributed by atoms with E-state index >= 15 is 0 Å². The Bertz CT molecular complexity index is 888. The number of benzene rings is 1. The molecule has 0 spiro atoms. The van der Waals surface area contributed by atoms with Crippen LogP contribution in [0.2, 0.25) is 5.02 Å². The molecule has 4 rings (SSSR count). The molecule has 1 aliphatic carbocycles. The van der Waals surface area contributed by atoms with Gasteiger partial charge in [0.1, 0.15) is 17.1 Å². The van der Waals surface area contributed by atoms with E-state index in [0.29, 0.717) is 33.4 Å². The molecule has 1 aromatic carbocycles. The molecule has 0 unspecified atom stereocenters. The van der Waals surface area contributed by atoms with Gasteiger partial charge in [-0.05, 0) is 37.1 Å². The minimum absolute atomic E-state index is 0.273. The normalized spacial score (nSPS) is 13.7. The monoisotopic (exact) mass is 339 g/mol. The molecule has 2 aromatic heterocycles. The molecule has 0 saturated heterocycles. The minimum Gasteiger partial charge on any atom is -0.355 e. The highest BCUT2D eigenvalue weighted by molar-refractivity contribution is 6.33. The largest absolute Gasteiger partial charge is 0.355 e. The fourth-order valence-corrected chi connectivity index (χ4v) is 2.82. The molecule has 0 radical (unpaired) electrons. The van der Waals surface area contributed by atoms with Crippen LogP contribution in [0.3, 0.4) is 0 Å². The molecule has 5 nitrogen and oxygen atoms in total. The molecule has 1 N–H and O–H groups in total. The van der Waals surface area contributed by atoms with Crippen molar-refractivity contribution in [1.29, 1.82) is 0 Å². The van der Waals surface area contributed by atoms with Gasteiger partial charge in [-0.25, -0.2) is 4.98 Å². The van der Waals surface area contributed by atoms with E-state index in [-0.39, 0.29) is 11.8 Å². The van der Waals surface area contributed by atoms with Crippen molar-refractivity contribution < 1.29 is 9.32 Å². The number of anilines is 1. The summed E-state index contributed by atoms with van der Waals surface area (Å²) < 4.78 is 5.51. The van der Waals surface area contributed by atoms with Gasteiger partial charge in [0, 0.05) is 17.7 Å². The number of nitrogens with one attached hydrogen (secondary N) is 1. The van der Waals surface area contributed by atoms with Gasteiger partial charge in [-0.15, -0.1) is 0 Å². The molecular formula is C18H14ClN3O2. The first-order chi connectivity index (χ1) is 11.7. The van der Waals surface area contributed by atoms with Crippen LogP contribution in [-0.4, -0.2) is 16.0 Å². The summed E-state index contributed by atoms with van der Waals surface area (Å²) in [5.41, 5.74) is 1.79. The Morgan fingerprint density at radius 2 is 1.96 bits per heavy atom. The van der Waals surface area contributed by atoms with Gasteiger partial charge in [0.25, 0.3) is 5.91 Å². The number of nitrogens with zero attached hydrogens (tertiary/aromatic N) is 2. The lowest BCUT2D eigenvalue weighted by atomic mass is 10.0. The standard InChI is InChI=1S/C18H14ClN3O2/c19-13-6-2-1-5-12(13)17-15(16(22-24-17)11-8-9-11)18(23)21-14-7-3-4-10-20-14/h1-7,10-11H,8-9H2,(H,20,21,23). The van der Waals surface area contributed by atoms with Gasteiger partial charge < -0.3 is 9.84 Å². The zero-order valence-electron chi connectivity index (χ0n) is 12.7. The lowest BCUT2D eigenvalue weighted by Crippen LogP contribution is -2.15. The van der Waals surface area contributed by atoms with Crippen LogP contribution in [-0.2, 0) is 0 Å². The quantitative estimate of drug-likeness (QED) is 0.758. The molecule has 0 bridgehead atoms. The highest BCUT2D eigenvalue weighted by Gasteiger charge is 2.35. The highest BCUT2D eigenvalue weighted by Crippen LogP contribution is 2.44. The first-order valence-corrected chi connectivity index (χ1v) is 8.08. The molecule has 120 valence electrons. The second-order valence-corrected chi connectivity index (χ2v) is 6.10. The average Bonchev–Trinajstić information content (AvgIpc) is 3.35. The molecule has 0 atom stereocenters. The second-order valence-electron chi connectivity index (χ2n) is 5.70. The summed E-state index contributed by atoms with van der Waals surface area (Å²) in [5.74, 6) is 0.868. The number of aromatic nitrogens is 2. The van der Waals surface area contributed by atoms with Crippen molar-refractivity contribution in [3.8, 4) is 11.3 Å². The van der Waals surface area contributed by atoms with Crippen LogP contribution in [0.4, 0.5) is 5.82 Å². The van der Waals surface area contributed by atoms with E-state index in [1.807, 2.05) is 24.3 Å². The SMILES string of the molecule is O=C(Nc1ccccn1)c1c(C2CC2)noc1-c1ccccc1Cl. The highest BCUT2D eigenvalue weighted by atomic mass is 35.5. The Labute approximate surface area is 143 Å². The summed E-state index contributed by atoms with van der Waals surface area (Å²) in [5, 5.41) is 7.46. The molecule has 0 aliphatic heterocycles. The van der Waals surface area contributed by atoms with Gasteiger partial charge in [-0.3, -0.25) is 4.79 Å². The Balaban J connectivity index is 1.77. The third-order valence-corrected chi connectivity index (χ3v) is 4.26. The van der Waals surface area contributed by atoms with Crippen molar-refractivity contribution >= 4 is 23.3 Å².